The van der Waals surface area contributed by atoms with Crippen LogP contribution in [-0.4, -0.2) is 31.3 Å². The van der Waals surface area contributed by atoms with Gasteiger partial charge in [0.2, 0.25) is 0 Å². The van der Waals surface area contributed by atoms with Gasteiger partial charge in [-0.3, -0.25) is 11.7 Å². The Labute approximate surface area is 70.4 Å². The van der Waals surface area contributed by atoms with Crippen molar-refractivity contribution in [1.29, 1.82) is 0 Å². The second-order valence-corrected chi connectivity index (χ2v) is 0.476. The second-order valence-electron chi connectivity index (χ2n) is 0.476. The van der Waals surface area contributed by atoms with E-state index in [-0.39, 0.29) is 5.48 Å². The van der Waals surface area contributed by atoms with Crippen LogP contribution in [-0.2, 0) is 0 Å². The van der Waals surface area contributed by atoms with Gasteiger partial charge >= 0.3 is 0 Å². The van der Waals surface area contributed by atoms with E-state index in [2.05, 4.69) is 17.6 Å². The molecular weight excluding hydrogens is 198 g/mol. The third-order valence-corrected chi connectivity index (χ3v) is 0. The van der Waals surface area contributed by atoms with Crippen LogP contribution in [0.4, 0.5) is 0 Å². The Hall–Kier alpha value is -1.80. The highest BCUT2D eigenvalue weighted by Crippen LogP contribution is 1.38. The third kappa shape index (κ3) is 212. The van der Waals surface area contributed by atoms with Crippen LogP contribution in [0.2, 0.25) is 0 Å². The molecule has 0 unspecified atom stereocenters. The summed E-state index contributed by atoms with van der Waals surface area (Å²) in [6.45, 7) is 0. The first kappa shape index (κ1) is 30.3. The molecule has 0 rings (SSSR count). The first-order valence-electron chi connectivity index (χ1n) is 1.72. The number of nitrogens with zero attached hydrogens (tertiary/aromatic N) is 2. The molecule has 0 aromatic carbocycles. The van der Waals surface area contributed by atoms with Crippen LogP contribution < -0.4 is 17.6 Å². The minimum atomic E-state index is -1.50. The highest BCUT2D eigenvalue weighted by molar-refractivity contribution is 3.83. The highest BCUT2D eigenvalue weighted by Gasteiger charge is 1.65. The molecule has 0 heterocycles. The van der Waals surface area contributed by atoms with Crippen LogP contribution in [0.5, 0.6) is 0 Å². The normalized spacial score (nSPS) is 4.62. The summed E-state index contributed by atoms with van der Waals surface area (Å²) in [6, 6.07) is 0. The van der Waals surface area contributed by atoms with Crippen LogP contribution in [0.3, 0.4) is 0 Å². The van der Waals surface area contributed by atoms with Gasteiger partial charge in [0.05, 0.1) is 0 Å². The Kier molecular flexibility index (Phi) is 114. The van der Waals surface area contributed by atoms with Gasteiger partial charge in [-0.2, -0.15) is 0 Å². The molecule has 0 atom stereocenters. The summed E-state index contributed by atoms with van der Waals surface area (Å²) in [5.41, 5.74) is 0. The van der Waals surface area contributed by atoms with Crippen LogP contribution in [0.1, 0.15) is 0 Å². The second kappa shape index (κ2) is 48.9. The number of rotatable bonds is 0. The molecule has 0 radical (unpaired) electrons. The SMILES string of the molecule is NN.NO.O.O=[N+]([O-])O.O=[N+]([O-])O. The van der Waals surface area contributed by atoms with Gasteiger partial charge in [0.1, 0.15) is 0 Å². The molecule has 0 aliphatic rings. The van der Waals surface area contributed by atoms with Crippen molar-refractivity contribution in [2.45, 2.75) is 0 Å². The quantitative estimate of drug-likeness (QED) is 0.131. The monoisotopic (exact) mass is 209 g/mol. The summed E-state index contributed by atoms with van der Waals surface area (Å²) >= 11 is 0. The summed E-state index contributed by atoms with van der Waals surface area (Å²) in [5, 5.41) is 33.8. The van der Waals surface area contributed by atoms with E-state index in [0.29, 0.717) is 0 Å². The molecule has 13 heteroatoms. The zero-order valence-electron chi connectivity index (χ0n) is 6.10. The van der Waals surface area contributed by atoms with Crippen molar-refractivity contribution < 1.29 is 31.3 Å². The molecule has 84 valence electrons. The lowest BCUT2D eigenvalue weighted by atomic mass is 13.0. The van der Waals surface area contributed by atoms with E-state index < -0.39 is 10.2 Å². The molecule has 0 fully saturated rings. The molecule has 0 saturated carbocycles. The van der Waals surface area contributed by atoms with E-state index in [9.17, 15) is 0 Å². The van der Waals surface area contributed by atoms with Crippen molar-refractivity contribution >= 4 is 0 Å². The molecular formula is H11N5O8. The van der Waals surface area contributed by atoms with Gasteiger partial charge in [0.15, 0.2) is 0 Å². The Morgan fingerprint density at radius 1 is 0.923 bits per heavy atom. The number of hydrazine groups is 1. The lowest BCUT2D eigenvalue weighted by Crippen LogP contribution is -2.02. The zero-order chi connectivity index (χ0) is 11.2. The average molecular weight is 209 g/mol. The molecule has 0 saturated heterocycles. The van der Waals surface area contributed by atoms with Gasteiger partial charge in [0.25, 0.3) is 10.2 Å². The maximum Gasteiger partial charge on any atom is 0.291 e. The van der Waals surface area contributed by atoms with Crippen LogP contribution >= 0.6 is 0 Å². The van der Waals surface area contributed by atoms with Crippen molar-refractivity contribution in [2.24, 2.45) is 17.6 Å². The van der Waals surface area contributed by atoms with Gasteiger partial charge in [-0.25, -0.2) is 5.90 Å². The van der Waals surface area contributed by atoms with Crippen LogP contribution in [0, 0.1) is 20.2 Å². The number of nitrogens with two attached hydrogens (primary N) is 3. The fraction of sp³-hybridized carbons (Fsp3) is 0. The molecule has 13 nitrogen and oxygen atoms in total. The summed E-state index contributed by atoms with van der Waals surface area (Å²) < 4.78 is 0. The van der Waals surface area contributed by atoms with Crippen molar-refractivity contribution in [1.82, 2.24) is 0 Å². The van der Waals surface area contributed by atoms with E-state index in [1.54, 1.807) is 0 Å². The number of hydrogen-bond donors (Lipinski definition) is 6. The molecule has 0 bridgehead atoms. The minimum absolute atomic E-state index is 0. The van der Waals surface area contributed by atoms with Crippen molar-refractivity contribution in [2.75, 3.05) is 0 Å². The zero-order valence-corrected chi connectivity index (χ0v) is 6.10. The first-order valence-corrected chi connectivity index (χ1v) is 1.72. The molecule has 0 aliphatic heterocycles. The van der Waals surface area contributed by atoms with E-state index >= 15 is 0 Å². The lowest BCUT2D eigenvalue weighted by Gasteiger charge is -1.56. The van der Waals surface area contributed by atoms with Crippen molar-refractivity contribution in [3.8, 4) is 0 Å². The largest absolute Gasteiger partial charge is 0.412 e. The van der Waals surface area contributed by atoms with E-state index in [1.165, 1.54) is 0 Å². The standard InChI is InChI=1S/H4N2.2HNO3.H3NO.H2O/c1-2;2*2-1(3)4;1-2;/h1-2H2;2*(H,2,3,4);2H,1H2;1H2. The summed E-state index contributed by atoms with van der Waals surface area (Å²) in [6.07, 6.45) is 0. The Morgan fingerprint density at radius 3 is 0.923 bits per heavy atom. The molecule has 0 spiro atoms. The molecule has 0 amide bonds. The van der Waals surface area contributed by atoms with Crippen LogP contribution in [0.25, 0.3) is 0 Å². The summed E-state index contributed by atoms with van der Waals surface area (Å²) in [4.78, 5) is 16.7. The Morgan fingerprint density at radius 2 is 0.923 bits per heavy atom. The Bertz CT molecular complexity index is 70.5. The van der Waals surface area contributed by atoms with Crippen LogP contribution in [0.15, 0.2) is 0 Å². The molecule has 11 N–H and O–H groups in total. The predicted molar refractivity (Wildman–Crippen MR) is 35.5 cm³/mol. The van der Waals surface area contributed by atoms with E-state index in [0.717, 1.165) is 0 Å². The van der Waals surface area contributed by atoms with Gasteiger partial charge in [-0.05, 0) is 0 Å². The average Bonchev–Trinajstić information content (AvgIpc) is 1.93. The minimum Gasteiger partial charge on any atom is -0.412 e. The molecule has 0 aromatic rings. The van der Waals surface area contributed by atoms with Gasteiger partial charge in [0, 0.05) is 0 Å². The van der Waals surface area contributed by atoms with E-state index in [1.807, 2.05) is 0 Å². The molecule has 13 heavy (non-hydrogen) atoms. The first-order chi connectivity index (χ1) is 5.46. The summed E-state index contributed by atoms with van der Waals surface area (Å²) in [5.74, 6) is 11.5. The van der Waals surface area contributed by atoms with Gasteiger partial charge in [-0.15, -0.1) is 20.2 Å². The predicted octanol–water partition coefficient (Wildman–Crippen LogP) is -3.37. The Balaban J connectivity index is -0.0000000226. The smallest absolute Gasteiger partial charge is 0.291 e. The van der Waals surface area contributed by atoms with Gasteiger partial charge in [-0.1, -0.05) is 0 Å². The van der Waals surface area contributed by atoms with Crippen molar-refractivity contribution in [3.63, 3.8) is 0 Å². The highest BCUT2D eigenvalue weighted by atomic mass is 16.9. The maximum absolute atomic E-state index is 8.36. The van der Waals surface area contributed by atoms with Crippen molar-refractivity contribution in [3.05, 3.63) is 20.2 Å². The summed E-state index contributed by atoms with van der Waals surface area (Å²) in [7, 11) is 0. The fourth-order valence-corrected chi connectivity index (χ4v) is 0. The van der Waals surface area contributed by atoms with E-state index in [4.69, 9.17) is 35.9 Å². The van der Waals surface area contributed by atoms with Gasteiger partial charge < -0.3 is 21.1 Å². The fourth-order valence-electron chi connectivity index (χ4n) is 0. The molecule has 0 aromatic heterocycles. The topological polar surface area (TPSA) is 257 Å². The third-order valence-electron chi connectivity index (χ3n) is 0. The maximum atomic E-state index is 8.36. The lowest BCUT2D eigenvalue weighted by molar-refractivity contribution is -0.742. The number of hydrogen-bond acceptors (Lipinski definition) is 8. The molecule has 0 aliphatic carbocycles.